The van der Waals surface area contributed by atoms with Crippen molar-refractivity contribution < 1.29 is 9.53 Å². The van der Waals surface area contributed by atoms with Crippen molar-refractivity contribution in [2.45, 2.75) is 39.2 Å². The highest BCUT2D eigenvalue weighted by molar-refractivity contribution is 6.18. The smallest absolute Gasteiger partial charge is 0.162 e. The Morgan fingerprint density at radius 2 is 1.82 bits per heavy atom. The fourth-order valence-electron chi connectivity index (χ4n) is 1.43. The molecule has 0 aliphatic carbocycles. The molecule has 0 saturated heterocycles. The molecular weight excluding hydrogens is 236 g/mol. The van der Waals surface area contributed by atoms with Gasteiger partial charge in [-0.05, 0) is 51.5 Å². The van der Waals surface area contributed by atoms with Crippen LogP contribution in [0.25, 0.3) is 0 Å². The van der Waals surface area contributed by atoms with Crippen LogP contribution in [0.1, 0.15) is 44.0 Å². The van der Waals surface area contributed by atoms with Crippen molar-refractivity contribution in [1.82, 2.24) is 0 Å². The highest BCUT2D eigenvalue weighted by Crippen LogP contribution is 2.19. The minimum absolute atomic E-state index is 0.132. The van der Waals surface area contributed by atoms with Crippen LogP contribution in [0.4, 0.5) is 0 Å². The van der Waals surface area contributed by atoms with Gasteiger partial charge in [-0.3, -0.25) is 4.79 Å². The first-order valence-electron chi connectivity index (χ1n) is 5.80. The summed E-state index contributed by atoms with van der Waals surface area (Å²) in [6.45, 7) is 5.98. The molecule has 0 atom stereocenters. The largest absolute Gasteiger partial charge is 0.488 e. The lowest BCUT2D eigenvalue weighted by molar-refractivity contribution is 0.0982. The molecule has 94 valence electrons. The van der Waals surface area contributed by atoms with Crippen LogP contribution in [-0.2, 0) is 0 Å². The van der Waals surface area contributed by atoms with Gasteiger partial charge in [-0.1, -0.05) is 0 Å². The number of hydrogen-bond acceptors (Lipinski definition) is 2. The Hall–Kier alpha value is -1.02. The maximum atomic E-state index is 11.7. The molecule has 17 heavy (non-hydrogen) atoms. The van der Waals surface area contributed by atoms with Crippen LogP contribution in [0, 0.1) is 0 Å². The summed E-state index contributed by atoms with van der Waals surface area (Å²) in [4.78, 5) is 11.7. The molecule has 0 spiro atoms. The highest BCUT2D eigenvalue weighted by atomic mass is 35.5. The molecule has 0 bridgehead atoms. The quantitative estimate of drug-likeness (QED) is 0.585. The maximum Gasteiger partial charge on any atom is 0.162 e. The van der Waals surface area contributed by atoms with Crippen LogP contribution in [0.2, 0.25) is 0 Å². The molecule has 0 fully saturated rings. The van der Waals surface area contributed by atoms with Crippen LogP contribution >= 0.6 is 11.6 Å². The number of ketones is 1. The zero-order valence-corrected chi connectivity index (χ0v) is 11.4. The van der Waals surface area contributed by atoms with E-state index in [0.29, 0.717) is 12.3 Å². The molecule has 1 aromatic carbocycles. The molecule has 0 heterocycles. The van der Waals surface area contributed by atoms with E-state index in [1.165, 1.54) is 0 Å². The number of benzene rings is 1. The third-order valence-corrected chi connectivity index (χ3v) is 2.41. The minimum Gasteiger partial charge on any atom is -0.488 e. The number of ether oxygens (including phenoxy) is 1. The molecule has 1 rings (SSSR count). The normalized spacial score (nSPS) is 11.3. The Balaban J connectivity index is 2.64. The topological polar surface area (TPSA) is 26.3 Å². The second-order valence-corrected chi connectivity index (χ2v) is 5.33. The third kappa shape index (κ3) is 5.22. The number of carbonyl (C=O) groups excluding carboxylic acids is 1. The Morgan fingerprint density at radius 1 is 1.24 bits per heavy atom. The van der Waals surface area contributed by atoms with Gasteiger partial charge in [0, 0.05) is 17.9 Å². The van der Waals surface area contributed by atoms with Gasteiger partial charge in [-0.2, -0.15) is 0 Å². The van der Waals surface area contributed by atoms with E-state index >= 15 is 0 Å². The average Bonchev–Trinajstić information content (AvgIpc) is 2.24. The molecule has 0 radical (unpaired) electrons. The van der Waals surface area contributed by atoms with E-state index in [2.05, 4.69) is 0 Å². The molecular formula is C14H19ClO2. The summed E-state index contributed by atoms with van der Waals surface area (Å²) in [5, 5.41) is 0. The van der Waals surface area contributed by atoms with E-state index in [1.807, 2.05) is 32.9 Å². The van der Waals surface area contributed by atoms with Crippen molar-refractivity contribution in [2.24, 2.45) is 0 Å². The van der Waals surface area contributed by atoms with Gasteiger partial charge in [0.1, 0.15) is 11.4 Å². The minimum atomic E-state index is -0.218. The molecule has 0 amide bonds. The highest BCUT2D eigenvalue weighted by Gasteiger charge is 2.12. The number of carbonyl (C=O) groups is 1. The number of Topliss-reactive ketones (excluding diaryl/α,β-unsaturated/α-hetero) is 1. The van der Waals surface area contributed by atoms with Gasteiger partial charge in [0.05, 0.1) is 0 Å². The van der Waals surface area contributed by atoms with Crippen LogP contribution < -0.4 is 4.74 Å². The Labute approximate surface area is 108 Å². The summed E-state index contributed by atoms with van der Waals surface area (Å²) in [5.41, 5.74) is 0.501. The van der Waals surface area contributed by atoms with Gasteiger partial charge < -0.3 is 4.74 Å². The number of rotatable bonds is 5. The van der Waals surface area contributed by atoms with E-state index in [9.17, 15) is 4.79 Å². The maximum absolute atomic E-state index is 11.7. The predicted octanol–water partition coefficient (Wildman–Crippen LogP) is 4.07. The zero-order valence-electron chi connectivity index (χ0n) is 10.6. The molecule has 2 nitrogen and oxygen atoms in total. The summed E-state index contributed by atoms with van der Waals surface area (Å²) < 4.78 is 5.69. The average molecular weight is 255 g/mol. The molecule has 0 N–H and O–H groups in total. The van der Waals surface area contributed by atoms with Crippen LogP contribution in [0.5, 0.6) is 5.75 Å². The van der Waals surface area contributed by atoms with Crippen molar-refractivity contribution in [3.8, 4) is 5.75 Å². The monoisotopic (exact) mass is 254 g/mol. The first-order valence-corrected chi connectivity index (χ1v) is 6.34. The molecule has 0 aliphatic heterocycles. The standard InChI is InChI=1S/C14H19ClO2/c1-14(2,3)17-12-8-6-11(7-9-12)13(16)5-4-10-15/h6-9H,4-5,10H2,1-3H3. The van der Waals surface area contributed by atoms with Gasteiger partial charge >= 0.3 is 0 Å². The van der Waals surface area contributed by atoms with Crippen molar-refractivity contribution in [1.29, 1.82) is 0 Å². The first kappa shape index (κ1) is 14.0. The lowest BCUT2D eigenvalue weighted by Gasteiger charge is -2.21. The summed E-state index contributed by atoms with van der Waals surface area (Å²) >= 11 is 5.56. The summed E-state index contributed by atoms with van der Waals surface area (Å²) in [6.07, 6.45) is 1.23. The molecule has 1 aromatic rings. The van der Waals surface area contributed by atoms with Crippen molar-refractivity contribution in [3.05, 3.63) is 29.8 Å². The lowest BCUT2D eigenvalue weighted by atomic mass is 10.1. The van der Waals surface area contributed by atoms with E-state index in [1.54, 1.807) is 12.1 Å². The van der Waals surface area contributed by atoms with Gasteiger partial charge in [-0.25, -0.2) is 0 Å². The number of alkyl halides is 1. The van der Waals surface area contributed by atoms with Gasteiger partial charge in [-0.15, -0.1) is 11.6 Å². The Bertz CT molecular complexity index is 363. The second-order valence-electron chi connectivity index (χ2n) is 4.95. The Kier molecular flexibility index (Phi) is 5.01. The molecule has 0 aliphatic rings. The van der Waals surface area contributed by atoms with Crippen LogP contribution in [-0.4, -0.2) is 17.3 Å². The predicted molar refractivity (Wildman–Crippen MR) is 71.1 cm³/mol. The summed E-state index contributed by atoms with van der Waals surface area (Å²) in [7, 11) is 0. The summed E-state index contributed by atoms with van der Waals surface area (Å²) in [6, 6.07) is 7.27. The van der Waals surface area contributed by atoms with E-state index in [4.69, 9.17) is 16.3 Å². The van der Waals surface area contributed by atoms with Crippen LogP contribution in [0.3, 0.4) is 0 Å². The zero-order chi connectivity index (χ0) is 12.9. The third-order valence-electron chi connectivity index (χ3n) is 2.14. The van der Waals surface area contributed by atoms with Crippen LogP contribution in [0.15, 0.2) is 24.3 Å². The van der Waals surface area contributed by atoms with Crippen molar-refractivity contribution in [2.75, 3.05) is 5.88 Å². The fraction of sp³-hybridized carbons (Fsp3) is 0.500. The number of hydrogen-bond donors (Lipinski definition) is 0. The van der Waals surface area contributed by atoms with Gasteiger partial charge in [0.15, 0.2) is 5.78 Å². The fourth-order valence-corrected chi connectivity index (χ4v) is 1.57. The van der Waals surface area contributed by atoms with Gasteiger partial charge in [0.25, 0.3) is 0 Å². The van der Waals surface area contributed by atoms with Crippen molar-refractivity contribution in [3.63, 3.8) is 0 Å². The SMILES string of the molecule is CC(C)(C)Oc1ccc(C(=O)CCCCl)cc1. The number of halogens is 1. The lowest BCUT2D eigenvalue weighted by Crippen LogP contribution is -2.22. The molecule has 0 saturated carbocycles. The second kappa shape index (κ2) is 6.06. The van der Waals surface area contributed by atoms with Gasteiger partial charge in [0.2, 0.25) is 0 Å². The molecule has 0 aromatic heterocycles. The van der Waals surface area contributed by atoms with E-state index < -0.39 is 0 Å². The first-order chi connectivity index (χ1) is 7.92. The Morgan fingerprint density at radius 3 is 2.29 bits per heavy atom. The van der Waals surface area contributed by atoms with Crippen molar-refractivity contribution >= 4 is 17.4 Å². The summed E-state index contributed by atoms with van der Waals surface area (Å²) in [5.74, 6) is 1.44. The van der Waals surface area contributed by atoms with E-state index in [0.717, 1.165) is 17.7 Å². The molecule has 0 unspecified atom stereocenters. The van der Waals surface area contributed by atoms with E-state index in [-0.39, 0.29) is 11.4 Å². The molecule has 3 heteroatoms.